The van der Waals surface area contributed by atoms with Crippen LogP contribution in [0.4, 0.5) is 31.1 Å². The number of amides is 6. The zero-order chi connectivity index (χ0) is 41.3. The summed E-state index contributed by atoms with van der Waals surface area (Å²) >= 11 is 0. The minimum Gasteiger partial charge on any atom is -0.463 e. The fraction of sp³-hybridized carbons (Fsp3) is 0.588. The van der Waals surface area contributed by atoms with Crippen molar-refractivity contribution < 1.29 is 47.7 Å². The number of aromatic nitrogens is 4. The number of nitrogens with one attached hydrogen (secondary N) is 8. The fourth-order valence-electron chi connectivity index (χ4n) is 4.80. The van der Waals surface area contributed by atoms with E-state index in [1.807, 2.05) is 0 Å². The third-order valence-corrected chi connectivity index (χ3v) is 7.30. The van der Waals surface area contributed by atoms with E-state index in [0.29, 0.717) is 75.8 Å². The van der Waals surface area contributed by atoms with Crippen LogP contribution in [-0.2, 0) is 28.5 Å². The van der Waals surface area contributed by atoms with Gasteiger partial charge in [0.1, 0.15) is 0 Å². The Bertz CT molecular complexity index is 1590. The zero-order valence-corrected chi connectivity index (χ0v) is 32.0. The molecule has 0 bridgehead atoms. The maximum Gasteiger partial charge on any atom is 0.408 e. The van der Waals surface area contributed by atoms with E-state index in [-0.39, 0.29) is 49.3 Å². The number of hydrogen-bond acceptors (Lipinski definition) is 14. The van der Waals surface area contributed by atoms with Crippen molar-refractivity contribution in [2.24, 2.45) is 0 Å². The summed E-state index contributed by atoms with van der Waals surface area (Å²) in [6.07, 6.45) is -1.04. The molecule has 0 aliphatic heterocycles. The smallest absolute Gasteiger partial charge is 0.408 e. The third kappa shape index (κ3) is 19.2. The predicted octanol–water partition coefficient (Wildman–Crippen LogP) is 1.85. The second kappa shape index (κ2) is 25.7. The van der Waals surface area contributed by atoms with E-state index in [9.17, 15) is 38.4 Å². The Morgan fingerprint density at radius 3 is 1.23 bits per heavy atom. The Morgan fingerprint density at radius 2 is 0.911 bits per heavy atom. The van der Waals surface area contributed by atoms with Gasteiger partial charge in [0.25, 0.3) is 11.1 Å². The molecule has 0 aliphatic rings. The van der Waals surface area contributed by atoms with Crippen molar-refractivity contribution in [1.29, 1.82) is 0 Å². The Kier molecular flexibility index (Phi) is 21.1. The topological polar surface area (TPSA) is 303 Å². The Balaban J connectivity index is 1.71. The van der Waals surface area contributed by atoms with E-state index in [2.05, 4.69) is 51.8 Å². The highest BCUT2D eigenvalue weighted by atomic mass is 16.6. The molecule has 2 aromatic heterocycles. The lowest BCUT2D eigenvalue weighted by Crippen LogP contribution is -2.50. The van der Waals surface area contributed by atoms with Crippen LogP contribution in [0.2, 0.25) is 0 Å². The molecule has 22 heteroatoms. The molecule has 2 heterocycles. The lowest BCUT2D eigenvalue weighted by Gasteiger charge is -2.24. The Hall–Kier alpha value is -6.22. The van der Waals surface area contributed by atoms with Crippen LogP contribution in [-0.4, -0.2) is 108 Å². The van der Waals surface area contributed by atoms with Crippen molar-refractivity contribution in [1.82, 2.24) is 41.2 Å². The third-order valence-electron chi connectivity index (χ3n) is 7.30. The van der Waals surface area contributed by atoms with Crippen molar-refractivity contribution in [2.45, 2.75) is 91.3 Å². The van der Waals surface area contributed by atoms with Crippen molar-refractivity contribution in [3.05, 3.63) is 44.2 Å². The normalized spacial score (nSPS) is 11.6. The van der Waals surface area contributed by atoms with E-state index < -0.39 is 48.4 Å². The number of nitrogens with zero attached hydrogens (tertiary/aromatic N) is 2. The molecule has 0 aliphatic carbocycles. The molecule has 0 saturated heterocycles. The molecule has 0 unspecified atom stereocenters. The number of unbranched alkanes of at least 4 members (excludes halogenated alkanes) is 6. The number of aryl methyl sites for hydroxylation is 2. The quantitative estimate of drug-likeness (QED) is 0.0453. The van der Waals surface area contributed by atoms with E-state index >= 15 is 0 Å². The van der Waals surface area contributed by atoms with Gasteiger partial charge >= 0.3 is 36.2 Å². The second-order valence-electron chi connectivity index (χ2n) is 12.1. The number of esters is 2. The monoisotopic (exact) mass is 792 g/mol. The number of aromatic amines is 2. The first kappa shape index (κ1) is 45.9. The summed E-state index contributed by atoms with van der Waals surface area (Å²) in [5.41, 5.74) is 0.143. The molecule has 22 nitrogen and oxygen atoms in total. The summed E-state index contributed by atoms with van der Waals surface area (Å²) < 4.78 is 20.4. The van der Waals surface area contributed by atoms with Gasteiger partial charge in [-0.2, -0.15) is 0 Å². The first-order valence-electron chi connectivity index (χ1n) is 18.3. The van der Waals surface area contributed by atoms with Gasteiger partial charge in [-0.05, 0) is 53.4 Å². The lowest BCUT2D eigenvalue weighted by atomic mass is 10.2. The number of alkyl carbamates (subject to hydrolysis) is 2. The zero-order valence-electron chi connectivity index (χ0n) is 32.0. The first-order chi connectivity index (χ1) is 26.8. The van der Waals surface area contributed by atoms with Crippen LogP contribution >= 0.6 is 0 Å². The molecule has 2 aromatic rings. The van der Waals surface area contributed by atoms with Gasteiger partial charge in [-0.1, -0.05) is 25.7 Å². The maximum absolute atomic E-state index is 12.8. The predicted molar refractivity (Wildman–Crippen MR) is 200 cm³/mol. The summed E-state index contributed by atoms with van der Waals surface area (Å²) in [5.74, 6) is -2.18. The number of urea groups is 2. The van der Waals surface area contributed by atoms with Gasteiger partial charge in [-0.3, -0.25) is 30.2 Å². The van der Waals surface area contributed by atoms with Gasteiger partial charge < -0.3 is 40.2 Å². The molecule has 2 rings (SSSR count). The molecule has 6 amide bonds. The van der Waals surface area contributed by atoms with E-state index in [4.69, 9.17) is 18.9 Å². The van der Waals surface area contributed by atoms with Gasteiger partial charge in [0.05, 0.1) is 13.2 Å². The number of rotatable bonds is 23. The van der Waals surface area contributed by atoms with Gasteiger partial charge in [0, 0.05) is 49.7 Å². The van der Waals surface area contributed by atoms with Gasteiger partial charge in [0.2, 0.25) is 24.1 Å². The van der Waals surface area contributed by atoms with Crippen LogP contribution in [0.15, 0.2) is 21.7 Å². The van der Waals surface area contributed by atoms with Crippen molar-refractivity contribution >= 4 is 48.1 Å². The van der Waals surface area contributed by atoms with Crippen LogP contribution < -0.4 is 43.0 Å². The molecular formula is C34H52N10O12. The van der Waals surface area contributed by atoms with Crippen LogP contribution in [0.1, 0.15) is 76.6 Å². The molecular weight excluding hydrogens is 740 g/mol. The summed E-state index contributed by atoms with van der Waals surface area (Å²) in [4.78, 5) is 111. The molecule has 0 aromatic carbocycles. The highest BCUT2D eigenvalue weighted by Gasteiger charge is 2.42. The SMILES string of the molecule is CCOC(=O)[C@@H](OC(=O)NCCCCCCNC(=O)Nc1nc(C)cc(=O)[nH]1)[C@H](OC(=O)NCCCCCCNC(=O)Nc1nc(C)cc(=O)[nH]1)C(=O)OCC. The van der Waals surface area contributed by atoms with Crippen LogP contribution in [0.25, 0.3) is 0 Å². The average molecular weight is 793 g/mol. The number of carbonyl (C=O) groups excluding carboxylic acids is 6. The van der Waals surface area contributed by atoms with Gasteiger partial charge in [-0.15, -0.1) is 0 Å². The van der Waals surface area contributed by atoms with Gasteiger partial charge in [-0.25, -0.2) is 38.7 Å². The number of H-pyrrole nitrogens is 2. The molecule has 0 fully saturated rings. The molecule has 310 valence electrons. The van der Waals surface area contributed by atoms with Crippen LogP contribution in [0, 0.1) is 13.8 Å². The highest BCUT2D eigenvalue weighted by Crippen LogP contribution is 2.12. The van der Waals surface area contributed by atoms with Crippen molar-refractivity contribution in [3.8, 4) is 0 Å². The van der Waals surface area contributed by atoms with Gasteiger partial charge in [0.15, 0.2) is 0 Å². The lowest BCUT2D eigenvalue weighted by molar-refractivity contribution is -0.172. The molecule has 8 N–H and O–H groups in total. The highest BCUT2D eigenvalue weighted by molar-refractivity contribution is 5.89. The molecule has 0 saturated carbocycles. The average Bonchev–Trinajstić information content (AvgIpc) is 3.11. The number of anilines is 2. The van der Waals surface area contributed by atoms with E-state index in [0.717, 1.165) is 0 Å². The number of carbonyl (C=O) groups is 6. The van der Waals surface area contributed by atoms with Crippen LogP contribution in [0.3, 0.4) is 0 Å². The van der Waals surface area contributed by atoms with E-state index in [1.54, 1.807) is 13.8 Å². The number of hydrogen-bond donors (Lipinski definition) is 8. The van der Waals surface area contributed by atoms with Crippen LogP contribution in [0.5, 0.6) is 0 Å². The molecule has 56 heavy (non-hydrogen) atoms. The number of ether oxygens (including phenoxy) is 4. The van der Waals surface area contributed by atoms with Crippen molar-refractivity contribution in [3.63, 3.8) is 0 Å². The summed E-state index contributed by atoms with van der Waals surface area (Å²) in [7, 11) is 0. The van der Waals surface area contributed by atoms with E-state index in [1.165, 1.54) is 26.0 Å². The Morgan fingerprint density at radius 1 is 0.571 bits per heavy atom. The maximum atomic E-state index is 12.8. The molecule has 0 radical (unpaired) electrons. The molecule has 0 spiro atoms. The first-order valence-corrected chi connectivity index (χ1v) is 18.3. The summed E-state index contributed by atoms with van der Waals surface area (Å²) in [6, 6.07) is 1.54. The fourth-order valence-corrected chi connectivity index (χ4v) is 4.80. The molecule has 2 atom stereocenters. The standard InChI is InChI=1S/C34H52N10O12/c1-5-53-27(47)25(55-33(51)37-17-13-9-7-11-15-35-31(49)43-29-39-21(3)19-23(45)41-29)26(28(48)54-6-2)56-34(52)38-18-14-10-8-12-16-36-32(50)44-30-40-22(4)20-24(46)42-30/h19-20,25-26H,5-18H2,1-4H3,(H,37,51)(H,38,52)(H3,35,39,41,43,45,49)(H3,36,40,42,44,46,50)/t25-,26-/m0/s1. The minimum absolute atomic E-state index is 0.0349. The summed E-state index contributed by atoms with van der Waals surface area (Å²) in [6.45, 7) is 7.02. The van der Waals surface area contributed by atoms with Crippen molar-refractivity contribution in [2.75, 3.05) is 50.0 Å². The minimum atomic E-state index is -1.96. The largest absolute Gasteiger partial charge is 0.463 e. The second-order valence-corrected chi connectivity index (χ2v) is 12.1. The summed E-state index contributed by atoms with van der Waals surface area (Å²) in [5, 5.41) is 15.2. The Labute approximate surface area is 322 Å².